The first-order chi connectivity index (χ1) is 13.4. The van der Waals surface area contributed by atoms with Gasteiger partial charge in [-0.3, -0.25) is 4.79 Å². The molecule has 0 aromatic carbocycles. The number of carbonyl (C=O) groups excluding carboxylic acids is 3. The van der Waals surface area contributed by atoms with Crippen molar-refractivity contribution < 1.29 is 43.5 Å². The molecule has 10 atom stereocenters. The summed E-state index contributed by atoms with van der Waals surface area (Å²) in [5.41, 5.74) is -6.81. The van der Waals surface area contributed by atoms with Gasteiger partial charge in [-0.25, -0.2) is 9.59 Å². The summed E-state index contributed by atoms with van der Waals surface area (Å²) in [5, 5.41) is 23.0. The third-order valence-corrected chi connectivity index (χ3v) is 8.97. The van der Waals surface area contributed by atoms with E-state index in [9.17, 15) is 24.6 Å². The van der Waals surface area contributed by atoms with Gasteiger partial charge >= 0.3 is 17.9 Å². The lowest BCUT2D eigenvalue weighted by molar-refractivity contribution is -0.238. The highest BCUT2D eigenvalue weighted by Gasteiger charge is 3.01. The monoisotopic (exact) mass is 408 g/mol. The number of hydrogen-bond acceptors (Lipinski definition) is 9. The predicted molar refractivity (Wildman–Crippen MR) is 90.6 cm³/mol. The zero-order chi connectivity index (χ0) is 20.9. The van der Waals surface area contributed by atoms with E-state index in [1.807, 2.05) is 20.8 Å². The number of esters is 3. The molecule has 0 bridgehead atoms. The number of aliphatic hydroxyl groups excluding tert-OH is 1. The Kier molecular flexibility index (Phi) is 2.79. The van der Waals surface area contributed by atoms with Gasteiger partial charge in [0.1, 0.15) is 12.2 Å². The summed E-state index contributed by atoms with van der Waals surface area (Å²) in [6.07, 6.45) is -3.96. The van der Waals surface area contributed by atoms with E-state index in [0.717, 1.165) is 0 Å². The standard InChI is InChI=1S/C20H24O9/c1-7-12(22)26-10-6-17-9-5-8(16(2,3)4)18(17)11(21)13(23)28-15(18)29-20(17,14(24)27-9)19(7,10)25/h7-11,15,21,25H,5-6H2,1-4H3/t7-,8?,9-,10+,11+,15?,17?,18?,19-,20-/m1/s1. The highest BCUT2D eigenvalue weighted by atomic mass is 16.8. The number of fused-ring (bicyclic) bond motifs is 1. The quantitative estimate of drug-likeness (QED) is 0.408. The molecule has 4 heterocycles. The molecule has 6 aliphatic rings. The lowest BCUT2D eigenvalue weighted by atomic mass is 9.51. The van der Waals surface area contributed by atoms with Gasteiger partial charge in [-0.2, -0.15) is 0 Å². The van der Waals surface area contributed by atoms with Crippen LogP contribution < -0.4 is 0 Å². The van der Waals surface area contributed by atoms with E-state index in [0.29, 0.717) is 6.42 Å². The number of aliphatic hydroxyl groups is 2. The minimum Gasteiger partial charge on any atom is -0.459 e. The second-order valence-corrected chi connectivity index (χ2v) is 10.6. The fourth-order valence-electron chi connectivity index (χ4n) is 8.06. The van der Waals surface area contributed by atoms with Crippen molar-refractivity contribution in [3.05, 3.63) is 0 Å². The van der Waals surface area contributed by atoms with Crippen LogP contribution in [0.15, 0.2) is 0 Å². The van der Waals surface area contributed by atoms with E-state index in [4.69, 9.17) is 18.9 Å². The minimum atomic E-state index is -1.97. The zero-order valence-corrected chi connectivity index (χ0v) is 16.6. The molecule has 0 aromatic heterocycles. The molecule has 2 aliphatic carbocycles. The fourth-order valence-corrected chi connectivity index (χ4v) is 8.06. The Balaban J connectivity index is 1.68. The average molecular weight is 408 g/mol. The van der Waals surface area contributed by atoms with E-state index >= 15 is 0 Å². The van der Waals surface area contributed by atoms with Gasteiger partial charge in [0.2, 0.25) is 11.9 Å². The van der Waals surface area contributed by atoms with Crippen LogP contribution in [0.4, 0.5) is 0 Å². The Morgan fingerprint density at radius 3 is 2.38 bits per heavy atom. The summed E-state index contributed by atoms with van der Waals surface area (Å²) in [7, 11) is 0. The molecule has 9 heteroatoms. The third-order valence-electron chi connectivity index (χ3n) is 8.97. The fraction of sp³-hybridized carbons (Fsp3) is 0.850. The summed E-state index contributed by atoms with van der Waals surface area (Å²) >= 11 is 0. The maximum Gasteiger partial charge on any atom is 0.342 e. The number of rotatable bonds is 0. The Labute approximate surface area is 166 Å². The summed E-state index contributed by atoms with van der Waals surface area (Å²) in [6, 6.07) is 0. The van der Waals surface area contributed by atoms with Crippen molar-refractivity contribution in [1.29, 1.82) is 0 Å². The van der Waals surface area contributed by atoms with Crippen LogP contribution in [0.3, 0.4) is 0 Å². The first-order valence-electron chi connectivity index (χ1n) is 10.1. The van der Waals surface area contributed by atoms with Crippen LogP contribution in [0.2, 0.25) is 0 Å². The largest absolute Gasteiger partial charge is 0.459 e. The van der Waals surface area contributed by atoms with Crippen molar-refractivity contribution in [3.63, 3.8) is 0 Å². The topological polar surface area (TPSA) is 129 Å². The van der Waals surface area contributed by atoms with E-state index in [2.05, 4.69) is 0 Å². The summed E-state index contributed by atoms with van der Waals surface area (Å²) in [6.45, 7) is 7.47. The van der Waals surface area contributed by atoms with Crippen molar-refractivity contribution in [3.8, 4) is 0 Å². The average Bonchev–Trinajstić information content (AvgIpc) is 3.31. The van der Waals surface area contributed by atoms with Gasteiger partial charge < -0.3 is 29.2 Å². The van der Waals surface area contributed by atoms with Gasteiger partial charge in [0.15, 0.2) is 11.7 Å². The Hall–Kier alpha value is -1.71. The van der Waals surface area contributed by atoms with Gasteiger partial charge in [-0.05, 0) is 24.7 Å². The minimum absolute atomic E-state index is 0.0623. The maximum absolute atomic E-state index is 13.3. The molecule has 0 radical (unpaired) electrons. The van der Waals surface area contributed by atoms with Crippen LogP contribution in [0.5, 0.6) is 0 Å². The molecular formula is C20H24O9. The van der Waals surface area contributed by atoms with Gasteiger partial charge in [-0.15, -0.1) is 0 Å². The maximum atomic E-state index is 13.3. The Morgan fingerprint density at radius 1 is 1.03 bits per heavy atom. The molecule has 29 heavy (non-hydrogen) atoms. The van der Waals surface area contributed by atoms with Crippen LogP contribution in [0.25, 0.3) is 0 Å². The molecule has 0 amide bonds. The molecular weight excluding hydrogens is 384 g/mol. The predicted octanol–water partition coefficient (Wildman–Crippen LogP) is -0.340. The summed E-state index contributed by atoms with van der Waals surface area (Å²) in [4.78, 5) is 38.1. The van der Waals surface area contributed by atoms with Gasteiger partial charge in [0.25, 0.3) is 0 Å². The Morgan fingerprint density at radius 2 is 1.72 bits per heavy atom. The van der Waals surface area contributed by atoms with Crippen molar-refractivity contribution in [2.24, 2.45) is 28.1 Å². The normalized spacial score (nSPS) is 59.2. The number of ether oxygens (including phenoxy) is 4. The van der Waals surface area contributed by atoms with Crippen molar-refractivity contribution >= 4 is 17.9 Å². The van der Waals surface area contributed by atoms with Crippen LogP contribution >= 0.6 is 0 Å². The van der Waals surface area contributed by atoms with Crippen molar-refractivity contribution in [2.75, 3.05) is 0 Å². The van der Waals surface area contributed by atoms with E-state index in [1.165, 1.54) is 6.92 Å². The second-order valence-electron chi connectivity index (χ2n) is 10.6. The molecule has 9 nitrogen and oxygen atoms in total. The van der Waals surface area contributed by atoms with Crippen LogP contribution in [0.1, 0.15) is 40.5 Å². The van der Waals surface area contributed by atoms with Gasteiger partial charge in [-0.1, -0.05) is 20.8 Å². The van der Waals surface area contributed by atoms with Crippen LogP contribution in [0, 0.1) is 28.1 Å². The molecule has 6 fully saturated rings. The zero-order valence-electron chi connectivity index (χ0n) is 16.6. The molecule has 4 saturated heterocycles. The molecule has 4 aliphatic heterocycles. The first kappa shape index (κ1) is 18.1. The lowest BCUT2D eigenvalue weighted by Crippen LogP contribution is -2.66. The summed E-state index contributed by atoms with van der Waals surface area (Å²) < 4.78 is 22.9. The van der Waals surface area contributed by atoms with Crippen LogP contribution in [-0.2, 0) is 33.3 Å². The first-order valence-corrected chi connectivity index (χ1v) is 10.1. The molecule has 2 spiro atoms. The molecule has 158 valence electrons. The molecule has 2 saturated carbocycles. The smallest absolute Gasteiger partial charge is 0.342 e. The highest BCUT2D eigenvalue weighted by Crippen LogP contribution is 2.84. The van der Waals surface area contributed by atoms with E-state index in [1.54, 1.807) is 0 Å². The molecule has 0 aromatic rings. The van der Waals surface area contributed by atoms with E-state index < -0.39 is 70.5 Å². The number of carbonyl (C=O) groups is 3. The van der Waals surface area contributed by atoms with E-state index in [-0.39, 0.29) is 17.8 Å². The highest BCUT2D eigenvalue weighted by molar-refractivity contribution is 5.93. The third kappa shape index (κ3) is 1.35. The van der Waals surface area contributed by atoms with Crippen LogP contribution in [-0.4, -0.2) is 63.9 Å². The van der Waals surface area contributed by atoms with Gasteiger partial charge in [0, 0.05) is 6.42 Å². The van der Waals surface area contributed by atoms with Crippen molar-refractivity contribution in [2.45, 2.75) is 76.3 Å². The van der Waals surface area contributed by atoms with Gasteiger partial charge in [0.05, 0.1) is 16.7 Å². The SMILES string of the molecule is C[C@@H]1C(=O)O[C@H]2CC34[C@H]5CC(C(C)(C)C)C36C(OC(=O)[C@@H]6O)O[C@@]4(C(=O)O5)[C@]21O. The molecule has 6 rings (SSSR count). The lowest BCUT2D eigenvalue weighted by Gasteiger charge is -2.46. The molecule has 2 N–H and O–H groups in total. The molecule has 4 unspecified atom stereocenters. The second kappa shape index (κ2) is 4.48. The number of hydrogen-bond donors (Lipinski definition) is 2. The van der Waals surface area contributed by atoms with Crippen molar-refractivity contribution in [1.82, 2.24) is 0 Å². The summed E-state index contributed by atoms with van der Waals surface area (Å²) in [5.74, 6) is -3.52. The Bertz CT molecular complexity index is 893.